The van der Waals surface area contributed by atoms with Crippen LogP contribution >= 0.6 is 12.6 Å². The Bertz CT molecular complexity index is 156. The van der Waals surface area contributed by atoms with Gasteiger partial charge in [-0.3, -0.25) is 0 Å². The third-order valence-electron chi connectivity index (χ3n) is 0.784. The molecule has 0 amide bonds. The molecule has 1 heterocycles. The molecule has 0 aliphatic carbocycles. The molecule has 0 saturated heterocycles. The molecule has 0 aliphatic heterocycles. The van der Waals surface area contributed by atoms with E-state index in [-0.39, 0.29) is 29.6 Å². The zero-order chi connectivity index (χ0) is 5.98. The molecular formula is C5H6NNaOS. The average Bonchev–Trinajstić information content (AvgIpc) is 1.77. The van der Waals surface area contributed by atoms with Gasteiger partial charge in [0, 0.05) is 17.0 Å². The summed E-state index contributed by atoms with van der Waals surface area (Å²) in [6.45, 7) is 0. The zero-order valence-corrected chi connectivity index (χ0v) is 5.01. The molecule has 0 spiro atoms. The van der Waals surface area contributed by atoms with E-state index < -0.39 is 0 Å². The Morgan fingerprint density at radius 1 is 1.33 bits per heavy atom. The Morgan fingerprint density at radius 2 is 1.78 bits per heavy atom. The second-order valence-corrected chi connectivity index (χ2v) is 1.93. The summed E-state index contributed by atoms with van der Waals surface area (Å²) >= 11 is 3.98. The van der Waals surface area contributed by atoms with Crippen LogP contribution in [0.1, 0.15) is 0 Å². The summed E-state index contributed by atoms with van der Waals surface area (Å²) in [4.78, 5) is 0.803. The molecule has 0 unspecified atom stereocenters. The van der Waals surface area contributed by atoms with Gasteiger partial charge in [0.25, 0.3) is 0 Å². The van der Waals surface area contributed by atoms with Crippen LogP contribution < -0.4 is 4.73 Å². The van der Waals surface area contributed by atoms with Crippen molar-refractivity contribution in [2.75, 3.05) is 0 Å². The van der Waals surface area contributed by atoms with Crippen molar-refractivity contribution in [1.82, 2.24) is 0 Å². The molecule has 1 aromatic heterocycles. The maximum absolute atomic E-state index is 10.3. The fraction of sp³-hybridized carbons (Fsp3) is 0. The Kier molecular flexibility index (Phi) is 4.31. The molecule has 0 fully saturated rings. The van der Waals surface area contributed by atoms with Gasteiger partial charge in [-0.25, -0.2) is 0 Å². The molecule has 0 bridgehead atoms. The monoisotopic (exact) mass is 151 g/mol. The molecule has 0 radical (unpaired) electrons. The summed E-state index contributed by atoms with van der Waals surface area (Å²) in [7, 11) is 0. The van der Waals surface area contributed by atoms with Gasteiger partial charge in [0.15, 0.2) is 12.4 Å². The van der Waals surface area contributed by atoms with Crippen molar-refractivity contribution in [2.24, 2.45) is 0 Å². The molecular weight excluding hydrogens is 145 g/mol. The van der Waals surface area contributed by atoms with E-state index in [1.807, 2.05) is 0 Å². The van der Waals surface area contributed by atoms with Gasteiger partial charge < -0.3 is 5.21 Å². The van der Waals surface area contributed by atoms with Gasteiger partial charge in [-0.1, -0.05) is 0 Å². The van der Waals surface area contributed by atoms with E-state index in [9.17, 15) is 5.21 Å². The third kappa shape index (κ3) is 3.11. The standard InChI is InChI=1S/C5H5NOS.Na.H/c7-6-3-1-5(8)2-4-6;;/h1-4,8H;;. The normalized spacial score (nSPS) is 8.11. The van der Waals surface area contributed by atoms with Gasteiger partial charge in [-0.2, -0.15) is 4.73 Å². The quantitative estimate of drug-likeness (QED) is 0.239. The van der Waals surface area contributed by atoms with Crippen molar-refractivity contribution >= 4 is 42.2 Å². The van der Waals surface area contributed by atoms with Crippen LogP contribution in [0.3, 0.4) is 0 Å². The van der Waals surface area contributed by atoms with Crippen molar-refractivity contribution in [3.63, 3.8) is 0 Å². The van der Waals surface area contributed by atoms with Crippen LogP contribution in [-0.4, -0.2) is 29.6 Å². The van der Waals surface area contributed by atoms with E-state index in [0.717, 1.165) is 9.63 Å². The van der Waals surface area contributed by atoms with Crippen LogP contribution in [-0.2, 0) is 0 Å². The fourth-order valence-electron chi connectivity index (χ4n) is 0.405. The first-order valence-corrected chi connectivity index (χ1v) is 2.61. The SMILES string of the molecule is [NaH].[O-][n+]1ccc(S)cc1. The minimum atomic E-state index is 0. The van der Waals surface area contributed by atoms with E-state index >= 15 is 0 Å². The van der Waals surface area contributed by atoms with E-state index in [4.69, 9.17) is 0 Å². The molecule has 0 atom stereocenters. The molecule has 0 aliphatic rings. The number of pyridine rings is 1. The molecule has 9 heavy (non-hydrogen) atoms. The molecule has 44 valence electrons. The number of rotatable bonds is 0. The molecule has 4 heteroatoms. The van der Waals surface area contributed by atoms with Gasteiger partial charge in [-0.15, -0.1) is 12.6 Å². The van der Waals surface area contributed by atoms with Crippen LogP contribution in [0.4, 0.5) is 0 Å². The van der Waals surface area contributed by atoms with E-state index in [1.165, 1.54) is 12.4 Å². The van der Waals surface area contributed by atoms with Crippen molar-refractivity contribution in [1.29, 1.82) is 0 Å². The first-order chi connectivity index (χ1) is 3.79. The van der Waals surface area contributed by atoms with Crippen molar-refractivity contribution in [3.05, 3.63) is 29.7 Å². The Hall–Kier alpha value is 0.300. The number of nitrogens with zero attached hydrogens (tertiary/aromatic N) is 1. The summed E-state index contributed by atoms with van der Waals surface area (Å²) in [5, 5.41) is 10.3. The second-order valence-electron chi connectivity index (χ2n) is 1.42. The Morgan fingerprint density at radius 3 is 2.11 bits per heavy atom. The van der Waals surface area contributed by atoms with Crippen LogP contribution in [0.15, 0.2) is 29.4 Å². The first kappa shape index (κ1) is 9.30. The largest absolute Gasteiger partial charge is 0.619 e. The van der Waals surface area contributed by atoms with Crippen LogP contribution in [0.25, 0.3) is 0 Å². The maximum atomic E-state index is 10.3. The summed E-state index contributed by atoms with van der Waals surface area (Å²) < 4.78 is 0.722. The average molecular weight is 151 g/mol. The first-order valence-electron chi connectivity index (χ1n) is 2.17. The summed E-state index contributed by atoms with van der Waals surface area (Å²) in [6, 6.07) is 3.27. The molecule has 2 nitrogen and oxygen atoms in total. The van der Waals surface area contributed by atoms with E-state index in [0.29, 0.717) is 0 Å². The van der Waals surface area contributed by atoms with Crippen molar-refractivity contribution < 1.29 is 4.73 Å². The van der Waals surface area contributed by atoms with E-state index in [2.05, 4.69) is 12.6 Å². The van der Waals surface area contributed by atoms with Crippen molar-refractivity contribution in [2.45, 2.75) is 4.90 Å². The number of hydrogen-bond donors (Lipinski definition) is 1. The second kappa shape index (κ2) is 4.17. The van der Waals surface area contributed by atoms with Crippen molar-refractivity contribution in [3.8, 4) is 0 Å². The molecule has 1 aromatic rings. The molecule has 1 rings (SSSR count). The minimum absolute atomic E-state index is 0. The van der Waals surface area contributed by atoms with Crippen LogP contribution in [0, 0.1) is 5.21 Å². The van der Waals surface area contributed by atoms with Gasteiger partial charge >= 0.3 is 29.6 Å². The minimum Gasteiger partial charge on any atom is -0.619 e. The van der Waals surface area contributed by atoms with Gasteiger partial charge in [-0.05, 0) is 0 Å². The summed E-state index contributed by atoms with van der Waals surface area (Å²) in [5.74, 6) is 0. The zero-order valence-electron chi connectivity index (χ0n) is 4.11. The molecule has 0 saturated carbocycles. The predicted octanol–water partition coefficient (Wildman–Crippen LogP) is -0.0398. The van der Waals surface area contributed by atoms with Crippen LogP contribution in [0.5, 0.6) is 0 Å². The predicted molar refractivity (Wildman–Crippen MR) is 39.8 cm³/mol. The van der Waals surface area contributed by atoms with E-state index in [1.54, 1.807) is 12.1 Å². The number of hydrogen-bond acceptors (Lipinski definition) is 2. The maximum Gasteiger partial charge on any atom is 0.181 e. The van der Waals surface area contributed by atoms with Gasteiger partial charge in [0.1, 0.15) is 0 Å². The fourth-order valence-corrected chi connectivity index (χ4v) is 0.538. The molecule has 0 N–H and O–H groups in total. The number of thiol groups is 1. The topological polar surface area (TPSA) is 26.9 Å². The van der Waals surface area contributed by atoms with Gasteiger partial charge in [0.05, 0.1) is 0 Å². The molecule has 0 aromatic carbocycles. The smallest absolute Gasteiger partial charge is 0.181 e. The number of aromatic nitrogens is 1. The van der Waals surface area contributed by atoms with Crippen LogP contribution in [0.2, 0.25) is 0 Å². The Balaban J connectivity index is 0.000000640. The summed E-state index contributed by atoms with van der Waals surface area (Å²) in [5.41, 5.74) is 0. The summed E-state index contributed by atoms with van der Waals surface area (Å²) in [6.07, 6.45) is 2.81. The Labute approximate surface area is 81.2 Å². The third-order valence-corrected chi connectivity index (χ3v) is 1.08. The van der Waals surface area contributed by atoms with Gasteiger partial charge in [0.2, 0.25) is 0 Å².